The number of carbonyl (C=O) groups excluding carboxylic acids is 1. The Labute approximate surface area is 117 Å². The molecule has 1 aromatic heterocycles. The fraction of sp³-hybridized carbons (Fsp3) is 0.400. The summed E-state index contributed by atoms with van der Waals surface area (Å²) >= 11 is 1.51. The third-order valence-corrected chi connectivity index (χ3v) is 4.18. The molecular weight excluding hydrogens is 258 g/mol. The Kier molecular flexibility index (Phi) is 4.93. The van der Waals surface area contributed by atoms with Gasteiger partial charge in [0.2, 0.25) is 0 Å². The van der Waals surface area contributed by atoms with Crippen molar-refractivity contribution in [3.05, 3.63) is 29.1 Å². The fourth-order valence-electron chi connectivity index (χ4n) is 2.13. The molecule has 0 spiro atoms. The first kappa shape index (κ1) is 14.0. The van der Waals surface area contributed by atoms with Gasteiger partial charge >= 0.3 is 0 Å². The molecule has 0 aliphatic carbocycles. The van der Waals surface area contributed by atoms with E-state index in [4.69, 9.17) is 5.11 Å². The van der Waals surface area contributed by atoms with E-state index in [1.807, 2.05) is 12.1 Å². The molecule has 0 radical (unpaired) electrons. The van der Waals surface area contributed by atoms with E-state index < -0.39 is 0 Å². The zero-order chi connectivity index (χ0) is 13.7. The summed E-state index contributed by atoms with van der Waals surface area (Å²) in [4.78, 5) is 13.8. The molecule has 0 saturated carbocycles. The number of carbonyl (C=O) groups is 1. The van der Waals surface area contributed by atoms with Crippen LogP contribution in [0, 0.1) is 0 Å². The summed E-state index contributed by atoms with van der Waals surface area (Å²) in [5.41, 5.74) is 1.12. The van der Waals surface area contributed by atoms with Crippen LogP contribution in [-0.2, 0) is 0 Å². The van der Waals surface area contributed by atoms with Crippen LogP contribution in [-0.4, -0.2) is 31.1 Å². The molecule has 1 aromatic carbocycles. The molecule has 0 bridgehead atoms. The van der Waals surface area contributed by atoms with E-state index in [0.29, 0.717) is 6.54 Å². The number of aliphatic hydroxyl groups is 1. The number of aliphatic hydroxyl groups excluding tert-OH is 1. The molecule has 2 rings (SSSR count). The van der Waals surface area contributed by atoms with Crippen LogP contribution in [0.1, 0.15) is 29.4 Å². The van der Waals surface area contributed by atoms with Crippen molar-refractivity contribution in [1.29, 1.82) is 0 Å². The van der Waals surface area contributed by atoms with Gasteiger partial charge in [0.15, 0.2) is 6.29 Å². The number of aldehydes is 1. The first-order chi connectivity index (χ1) is 9.28. The highest BCUT2D eigenvalue weighted by atomic mass is 32.1. The Bertz CT molecular complexity index is 550. The Morgan fingerprint density at radius 1 is 1.32 bits per heavy atom. The van der Waals surface area contributed by atoms with E-state index in [2.05, 4.69) is 24.0 Å². The second-order valence-corrected chi connectivity index (χ2v) is 5.67. The molecule has 1 heterocycles. The lowest BCUT2D eigenvalue weighted by molar-refractivity contribution is 0.112. The number of unbranched alkanes of at least 4 members (excludes halogenated alkanes) is 1. The van der Waals surface area contributed by atoms with Gasteiger partial charge < -0.3 is 10.0 Å². The lowest BCUT2D eigenvalue weighted by Crippen LogP contribution is -2.27. The van der Waals surface area contributed by atoms with E-state index >= 15 is 0 Å². The van der Waals surface area contributed by atoms with Gasteiger partial charge in [-0.25, -0.2) is 0 Å². The van der Waals surface area contributed by atoms with Crippen molar-refractivity contribution < 1.29 is 9.90 Å². The smallest absolute Gasteiger partial charge is 0.160 e. The Morgan fingerprint density at radius 3 is 2.84 bits per heavy atom. The predicted octanol–water partition coefficient (Wildman–Crippen LogP) is 3.31. The summed E-state index contributed by atoms with van der Waals surface area (Å²) in [6, 6.07) is 8.14. The number of hydrogen-bond acceptors (Lipinski definition) is 4. The molecule has 0 aliphatic rings. The van der Waals surface area contributed by atoms with Gasteiger partial charge in [-0.3, -0.25) is 4.79 Å². The standard InChI is InChI=1S/C15H19NO2S/c1-2-3-6-16(7-8-17)13-5-4-12-9-14(11-18)19-15(12)10-13/h4-5,9-11,17H,2-3,6-8H2,1H3. The number of hydrogen-bond donors (Lipinski definition) is 1. The Hall–Kier alpha value is -1.39. The van der Waals surface area contributed by atoms with Gasteiger partial charge in [0.25, 0.3) is 0 Å². The second-order valence-electron chi connectivity index (χ2n) is 4.55. The van der Waals surface area contributed by atoms with Gasteiger partial charge in [-0.2, -0.15) is 0 Å². The van der Waals surface area contributed by atoms with Crippen LogP contribution in [0.3, 0.4) is 0 Å². The van der Waals surface area contributed by atoms with Crippen molar-refractivity contribution >= 4 is 33.4 Å². The molecule has 0 atom stereocenters. The average Bonchev–Trinajstić information content (AvgIpc) is 2.85. The van der Waals surface area contributed by atoms with Crippen molar-refractivity contribution in [3.8, 4) is 0 Å². The molecule has 2 aromatic rings. The second kappa shape index (κ2) is 6.68. The SMILES string of the molecule is CCCCN(CCO)c1ccc2cc(C=O)sc2c1. The highest BCUT2D eigenvalue weighted by molar-refractivity contribution is 7.20. The first-order valence-corrected chi connectivity index (χ1v) is 7.44. The van der Waals surface area contributed by atoms with Crippen LogP contribution in [0.15, 0.2) is 24.3 Å². The van der Waals surface area contributed by atoms with Crippen LogP contribution in [0.5, 0.6) is 0 Å². The number of rotatable bonds is 7. The quantitative estimate of drug-likeness (QED) is 0.789. The third-order valence-electron chi connectivity index (χ3n) is 3.16. The number of thiophene rings is 1. The van der Waals surface area contributed by atoms with Gasteiger partial charge in [-0.15, -0.1) is 11.3 Å². The van der Waals surface area contributed by atoms with E-state index in [0.717, 1.165) is 46.3 Å². The first-order valence-electron chi connectivity index (χ1n) is 6.63. The molecule has 0 amide bonds. The minimum atomic E-state index is 0.159. The van der Waals surface area contributed by atoms with E-state index in [9.17, 15) is 4.79 Å². The summed E-state index contributed by atoms with van der Waals surface area (Å²) < 4.78 is 1.12. The molecule has 0 fully saturated rings. The molecule has 19 heavy (non-hydrogen) atoms. The van der Waals surface area contributed by atoms with Crippen molar-refractivity contribution in [2.75, 3.05) is 24.6 Å². The van der Waals surface area contributed by atoms with Crippen LogP contribution in [0.4, 0.5) is 5.69 Å². The lowest BCUT2D eigenvalue weighted by Gasteiger charge is -2.23. The number of benzene rings is 1. The number of anilines is 1. The average molecular weight is 277 g/mol. The molecule has 102 valence electrons. The minimum absolute atomic E-state index is 0.159. The largest absolute Gasteiger partial charge is 0.395 e. The number of fused-ring (bicyclic) bond motifs is 1. The van der Waals surface area contributed by atoms with Crippen LogP contribution < -0.4 is 4.90 Å². The molecule has 4 heteroatoms. The topological polar surface area (TPSA) is 40.5 Å². The minimum Gasteiger partial charge on any atom is -0.395 e. The van der Waals surface area contributed by atoms with Gasteiger partial charge in [-0.05, 0) is 30.0 Å². The van der Waals surface area contributed by atoms with E-state index in [-0.39, 0.29) is 6.61 Å². The summed E-state index contributed by atoms with van der Waals surface area (Å²) in [7, 11) is 0. The van der Waals surface area contributed by atoms with E-state index in [1.165, 1.54) is 11.3 Å². The van der Waals surface area contributed by atoms with Crippen molar-refractivity contribution in [1.82, 2.24) is 0 Å². The molecule has 3 nitrogen and oxygen atoms in total. The third kappa shape index (κ3) is 3.33. The maximum Gasteiger partial charge on any atom is 0.160 e. The highest BCUT2D eigenvalue weighted by Crippen LogP contribution is 2.29. The van der Waals surface area contributed by atoms with Gasteiger partial charge in [0, 0.05) is 23.5 Å². The molecule has 1 N–H and O–H groups in total. The Balaban J connectivity index is 2.28. The van der Waals surface area contributed by atoms with Gasteiger partial charge in [-0.1, -0.05) is 19.4 Å². The fourth-order valence-corrected chi connectivity index (χ4v) is 3.05. The maximum atomic E-state index is 10.8. The lowest BCUT2D eigenvalue weighted by atomic mass is 10.2. The van der Waals surface area contributed by atoms with Crippen molar-refractivity contribution in [2.45, 2.75) is 19.8 Å². The molecular formula is C15H19NO2S. The van der Waals surface area contributed by atoms with Gasteiger partial charge in [0.1, 0.15) is 0 Å². The predicted molar refractivity (Wildman–Crippen MR) is 81.4 cm³/mol. The van der Waals surface area contributed by atoms with Crippen LogP contribution >= 0.6 is 11.3 Å². The summed E-state index contributed by atoms with van der Waals surface area (Å²) in [6.07, 6.45) is 3.15. The van der Waals surface area contributed by atoms with Crippen molar-refractivity contribution in [3.63, 3.8) is 0 Å². The maximum absolute atomic E-state index is 10.8. The van der Waals surface area contributed by atoms with Crippen LogP contribution in [0.2, 0.25) is 0 Å². The summed E-state index contributed by atoms with van der Waals surface area (Å²) in [5.74, 6) is 0. The van der Waals surface area contributed by atoms with Gasteiger partial charge in [0.05, 0.1) is 11.5 Å². The Morgan fingerprint density at radius 2 is 2.16 bits per heavy atom. The zero-order valence-electron chi connectivity index (χ0n) is 11.1. The summed E-state index contributed by atoms with van der Waals surface area (Å²) in [5, 5.41) is 10.3. The number of nitrogens with zero attached hydrogens (tertiary/aromatic N) is 1. The molecule has 0 saturated heterocycles. The van der Waals surface area contributed by atoms with E-state index in [1.54, 1.807) is 0 Å². The molecule has 0 unspecified atom stereocenters. The summed E-state index contributed by atoms with van der Waals surface area (Å²) in [6.45, 7) is 3.92. The molecule has 0 aliphatic heterocycles. The normalized spacial score (nSPS) is 10.8. The monoisotopic (exact) mass is 277 g/mol. The van der Waals surface area contributed by atoms with Crippen LogP contribution in [0.25, 0.3) is 10.1 Å². The highest BCUT2D eigenvalue weighted by Gasteiger charge is 2.08. The van der Waals surface area contributed by atoms with Crippen molar-refractivity contribution in [2.24, 2.45) is 0 Å². The zero-order valence-corrected chi connectivity index (χ0v) is 11.9.